The van der Waals surface area contributed by atoms with Crippen LogP contribution in [0.3, 0.4) is 0 Å². The van der Waals surface area contributed by atoms with Crippen LogP contribution in [0.2, 0.25) is 0 Å². The molecular weight excluding hydrogens is 382 g/mol. The Bertz CT molecular complexity index is 845. The molecule has 0 spiro atoms. The molecule has 2 N–H and O–H groups in total. The average molecular weight is 424 g/mol. The summed E-state index contributed by atoms with van der Waals surface area (Å²) >= 11 is 0. The van der Waals surface area contributed by atoms with Crippen LogP contribution in [0.25, 0.3) is 6.08 Å². The van der Waals surface area contributed by atoms with Gasteiger partial charge >= 0.3 is 0 Å². The number of nitrogens with zero attached hydrogens (tertiary/aromatic N) is 1. The van der Waals surface area contributed by atoms with Crippen LogP contribution in [0, 0.1) is 34.5 Å². The minimum atomic E-state index is -0.314. The lowest BCUT2D eigenvalue weighted by Crippen LogP contribution is -2.54. The van der Waals surface area contributed by atoms with Crippen LogP contribution in [0.5, 0.6) is 0 Å². The molecule has 170 valence electrons. The number of anilines is 1. The highest BCUT2D eigenvalue weighted by Crippen LogP contribution is 2.67. The minimum Gasteiger partial charge on any atom is -0.393 e. The second kappa shape index (κ2) is 7.63. The molecule has 0 amide bonds. The number of aliphatic hydroxyl groups excluding tert-OH is 2. The van der Waals surface area contributed by atoms with Crippen molar-refractivity contribution >= 4 is 11.8 Å². The molecule has 8 atom stereocenters. The molecule has 4 aliphatic rings. The molecular formula is C28H41NO2. The summed E-state index contributed by atoms with van der Waals surface area (Å²) < 4.78 is 0. The summed E-state index contributed by atoms with van der Waals surface area (Å²) in [5, 5.41) is 21.7. The van der Waals surface area contributed by atoms with E-state index in [-0.39, 0.29) is 17.6 Å². The maximum absolute atomic E-state index is 11.5. The fourth-order valence-electron chi connectivity index (χ4n) is 8.32. The van der Waals surface area contributed by atoms with E-state index in [0.717, 1.165) is 37.5 Å². The Labute approximate surface area is 188 Å². The van der Waals surface area contributed by atoms with Crippen molar-refractivity contribution in [2.45, 2.75) is 77.4 Å². The smallest absolute Gasteiger partial charge is 0.0809 e. The van der Waals surface area contributed by atoms with Gasteiger partial charge < -0.3 is 15.1 Å². The van der Waals surface area contributed by atoms with Crippen molar-refractivity contribution in [3.63, 3.8) is 0 Å². The van der Waals surface area contributed by atoms with Gasteiger partial charge in [0.2, 0.25) is 0 Å². The van der Waals surface area contributed by atoms with Gasteiger partial charge in [0.25, 0.3) is 0 Å². The van der Waals surface area contributed by atoms with E-state index in [1.807, 2.05) is 0 Å². The summed E-state index contributed by atoms with van der Waals surface area (Å²) in [4.78, 5) is 2.12. The highest BCUT2D eigenvalue weighted by atomic mass is 16.3. The predicted molar refractivity (Wildman–Crippen MR) is 128 cm³/mol. The standard InChI is InChI=1S/C28H41NO2/c1-27-13-11-22(30)17-20(27)7-10-23-24(27)12-14-28(2)25(23)16-19(26(28)31)15-18-5-8-21(9-6-18)29(3)4/h5-6,8-9,15,20,22-26,30-31H,7,10-14,16-17H2,1-4H3/b19-15-/t20-,22-,23-,24+,25+,26-,27-,28+/m0/s1. The number of hydrogen-bond acceptors (Lipinski definition) is 3. The summed E-state index contributed by atoms with van der Waals surface area (Å²) in [5.74, 6) is 2.78. The van der Waals surface area contributed by atoms with Crippen molar-refractivity contribution in [1.29, 1.82) is 0 Å². The average Bonchev–Trinajstić information content (AvgIpc) is 2.99. The number of rotatable bonds is 2. The van der Waals surface area contributed by atoms with Crippen LogP contribution in [-0.2, 0) is 0 Å². The van der Waals surface area contributed by atoms with Crippen molar-refractivity contribution in [1.82, 2.24) is 0 Å². The topological polar surface area (TPSA) is 43.7 Å². The molecule has 1 aromatic rings. The van der Waals surface area contributed by atoms with Crippen LogP contribution in [0.4, 0.5) is 5.69 Å². The summed E-state index contributed by atoms with van der Waals surface area (Å²) in [7, 11) is 4.14. The van der Waals surface area contributed by atoms with Gasteiger partial charge in [0.15, 0.2) is 0 Å². The van der Waals surface area contributed by atoms with E-state index >= 15 is 0 Å². The van der Waals surface area contributed by atoms with Gasteiger partial charge in [0.05, 0.1) is 12.2 Å². The van der Waals surface area contributed by atoms with Gasteiger partial charge in [-0.15, -0.1) is 0 Å². The Kier molecular flexibility index (Phi) is 5.29. The predicted octanol–water partition coefficient (Wildman–Crippen LogP) is 5.51. The van der Waals surface area contributed by atoms with Gasteiger partial charge in [-0.05, 0) is 104 Å². The summed E-state index contributed by atoms with van der Waals surface area (Å²) in [6.45, 7) is 4.91. The molecule has 31 heavy (non-hydrogen) atoms. The number of aliphatic hydroxyl groups is 2. The molecule has 0 bridgehead atoms. The lowest BCUT2D eigenvalue weighted by molar-refractivity contribution is -0.133. The molecule has 4 aliphatic carbocycles. The van der Waals surface area contributed by atoms with Crippen molar-refractivity contribution in [3.8, 4) is 0 Å². The molecule has 4 fully saturated rings. The summed E-state index contributed by atoms with van der Waals surface area (Å²) in [6.07, 6.45) is 11.1. The lowest BCUT2D eigenvalue weighted by atomic mass is 9.45. The maximum Gasteiger partial charge on any atom is 0.0809 e. The molecule has 4 saturated carbocycles. The second-order valence-corrected chi connectivity index (χ2v) is 11.9. The van der Waals surface area contributed by atoms with Gasteiger partial charge in [0.1, 0.15) is 0 Å². The van der Waals surface area contributed by atoms with Gasteiger partial charge in [-0.3, -0.25) is 0 Å². The van der Waals surface area contributed by atoms with Crippen molar-refractivity contribution < 1.29 is 10.2 Å². The monoisotopic (exact) mass is 423 g/mol. The van der Waals surface area contributed by atoms with Gasteiger partial charge in [-0.1, -0.05) is 32.1 Å². The first-order valence-electron chi connectivity index (χ1n) is 12.6. The highest BCUT2D eigenvalue weighted by molar-refractivity contribution is 5.59. The molecule has 1 aromatic carbocycles. The fraction of sp³-hybridized carbons (Fsp3) is 0.714. The van der Waals surface area contributed by atoms with Crippen LogP contribution >= 0.6 is 0 Å². The van der Waals surface area contributed by atoms with Crippen molar-refractivity contribution in [3.05, 3.63) is 35.4 Å². The van der Waals surface area contributed by atoms with Gasteiger partial charge in [-0.2, -0.15) is 0 Å². The van der Waals surface area contributed by atoms with E-state index in [9.17, 15) is 10.2 Å². The molecule has 0 heterocycles. The third-order valence-electron chi connectivity index (χ3n) is 10.3. The van der Waals surface area contributed by atoms with Crippen LogP contribution in [0.1, 0.15) is 70.8 Å². The Hall–Kier alpha value is -1.32. The van der Waals surface area contributed by atoms with Crippen LogP contribution in [0.15, 0.2) is 29.8 Å². The zero-order valence-electron chi connectivity index (χ0n) is 19.8. The van der Waals surface area contributed by atoms with Gasteiger partial charge in [-0.25, -0.2) is 0 Å². The molecule has 5 rings (SSSR count). The third kappa shape index (κ3) is 3.38. The second-order valence-electron chi connectivity index (χ2n) is 11.9. The zero-order valence-corrected chi connectivity index (χ0v) is 19.8. The molecule has 0 aromatic heterocycles. The van der Waals surface area contributed by atoms with E-state index < -0.39 is 0 Å². The Balaban J connectivity index is 1.40. The number of hydrogen-bond donors (Lipinski definition) is 2. The quantitative estimate of drug-likeness (QED) is 0.659. The Morgan fingerprint density at radius 1 is 0.903 bits per heavy atom. The van der Waals surface area contributed by atoms with Crippen LogP contribution in [-0.4, -0.2) is 36.5 Å². The molecule has 0 saturated heterocycles. The van der Waals surface area contributed by atoms with Crippen molar-refractivity contribution in [2.75, 3.05) is 19.0 Å². The molecule has 0 radical (unpaired) electrons. The normalized spacial score (nSPS) is 45.7. The zero-order chi connectivity index (χ0) is 22.0. The fourth-order valence-corrected chi connectivity index (χ4v) is 8.32. The van der Waals surface area contributed by atoms with E-state index in [2.05, 4.69) is 63.2 Å². The molecule has 0 aliphatic heterocycles. The van der Waals surface area contributed by atoms with E-state index in [1.54, 1.807) is 0 Å². The summed E-state index contributed by atoms with van der Waals surface area (Å²) in [6, 6.07) is 8.69. The maximum atomic E-state index is 11.5. The molecule has 3 nitrogen and oxygen atoms in total. The Morgan fingerprint density at radius 3 is 2.32 bits per heavy atom. The number of benzene rings is 1. The first-order valence-corrected chi connectivity index (χ1v) is 12.6. The SMILES string of the molecule is CN(C)c1ccc(/C=C2/C[C@@H]3[C@H]4CC[C@H]5C[C@@H](O)CC[C@]5(C)[C@@H]4CC[C@@]3(C)[C@H]2O)cc1. The molecule has 3 heteroatoms. The third-order valence-corrected chi connectivity index (χ3v) is 10.3. The molecule has 0 unspecified atom stereocenters. The van der Waals surface area contributed by atoms with E-state index in [4.69, 9.17) is 0 Å². The van der Waals surface area contributed by atoms with E-state index in [1.165, 1.54) is 42.5 Å². The lowest BCUT2D eigenvalue weighted by Gasteiger charge is -2.60. The van der Waals surface area contributed by atoms with Gasteiger partial charge in [0, 0.05) is 25.2 Å². The van der Waals surface area contributed by atoms with E-state index in [0.29, 0.717) is 17.3 Å². The minimum absolute atomic E-state index is 0.0218. The highest BCUT2D eigenvalue weighted by Gasteiger charge is 2.61. The Morgan fingerprint density at radius 2 is 1.61 bits per heavy atom. The van der Waals surface area contributed by atoms with Crippen molar-refractivity contribution in [2.24, 2.45) is 34.5 Å². The first-order chi connectivity index (χ1) is 14.7. The number of fused-ring (bicyclic) bond motifs is 5. The first kappa shape index (κ1) is 21.5. The largest absolute Gasteiger partial charge is 0.393 e. The van der Waals surface area contributed by atoms with Crippen LogP contribution < -0.4 is 4.90 Å². The summed E-state index contributed by atoms with van der Waals surface area (Å²) in [5.41, 5.74) is 4.07.